The number of furan rings is 1. The quantitative estimate of drug-likeness (QED) is 0.149. The van der Waals surface area contributed by atoms with Gasteiger partial charge in [0.05, 0.1) is 16.4 Å². The molecule has 402 valence electrons. The maximum atomic E-state index is 6.98. The number of nitrogens with zero attached hydrogens (tertiary/aromatic N) is 4. The fraction of sp³-hybridized carbons (Fsp3) is 0.270. The summed E-state index contributed by atoms with van der Waals surface area (Å²) in [5, 5.41) is 4.31. The Morgan fingerprint density at radius 3 is 1.62 bits per heavy atom. The first-order valence-corrected chi connectivity index (χ1v) is 28.4. The zero-order valence-electron chi connectivity index (χ0n) is 49.4. The van der Waals surface area contributed by atoms with Gasteiger partial charge in [-0.3, -0.25) is 4.57 Å². The van der Waals surface area contributed by atoms with Crippen molar-refractivity contribution in [2.24, 2.45) is 0 Å². The first-order chi connectivity index (χ1) is 37.8. The molecular weight excluding hydrogens is 977 g/mol. The number of aromatic nitrogens is 4. The molecule has 4 heterocycles. The van der Waals surface area contributed by atoms with Crippen LogP contribution in [0, 0.1) is 0 Å². The van der Waals surface area contributed by atoms with Crippen molar-refractivity contribution in [2.45, 2.75) is 131 Å². The smallest absolute Gasteiger partial charge is 0.255 e. The van der Waals surface area contributed by atoms with E-state index in [0.717, 1.165) is 83.5 Å². The minimum Gasteiger partial charge on any atom is -0.457 e. The summed E-state index contributed by atoms with van der Waals surface area (Å²) in [6.07, 6.45) is 4.21. The first kappa shape index (κ1) is 52.5. The third-order valence-electron chi connectivity index (χ3n) is 16.3. The topological polar surface area (TPSA) is 49.0 Å². The van der Waals surface area contributed by atoms with Crippen molar-refractivity contribution >= 4 is 54.8 Å². The molecule has 0 radical (unpaired) electrons. The molecule has 0 amide bonds. The van der Waals surface area contributed by atoms with Crippen LogP contribution in [-0.2, 0) is 27.1 Å². The third kappa shape index (κ3) is 9.36. The number of pyridine rings is 1. The molecule has 0 bridgehead atoms. The van der Waals surface area contributed by atoms with Crippen LogP contribution in [0.4, 0.5) is 0 Å². The van der Waals surface area contributed by atoms with Gasteiger partial charge in [-0.05, 0) is 133 Å². The normalized spacial score (nSPS) is 12.9. The summed E-state index contributed by atoms with van der Waals surface area (Å²) >= 11 is 0. The molecule has 0 unspecified atom stereocenters. The molecule has 6 heteroatoms. The van der Waals surface area contributed by atoms with Crippen LogP contribution in [0.3, 0.4) is 0 Å². The van der Waals surface area contributed by atoms with Crippen LogP contribution in [0.1, 0.15) is 132 Å². The van der Waals surface area contributed by atoms with E-state index in [2.05, 4.69) is 276 Å². The number of hydrogen-bond acceptors (Lipinski definition) is 3. The van der Waals surface area contributed by atoms with Gasteiger partial charge in [0, 0.05) is 45.6 Å². The number of benzene rings is 8. The summed E-state index contributed by atoms with van der Waals surface area (Å²) in [6.45, 7) is 34.6. The van der Waals surface area contributed by atoms with Crippen molar-refractivity contribution in [1.82, 2.24) is 14.1 Å². The lowest BCUT2D eigenvalue weighted by atomic mass is 9.77. The summed E-state index contributed by atoms with van der Waals surface area (Å²) in [5.41, 5.74) is 19.0. The Morgan fingerprint density at radius 1 is 0.438 bits per heavy atom. The summed E-state index contributed by atoms with van der Waals surface area (Å²) in [7, 11) is 0. The van der Waals surface area contributed by atoms with Crippen molar-refractivity contribution in [3.05, 3.63) is 210 Å². The second-order valence-electron chi connectivity index (χ2n) is 27.3. The third-order valence-corrected chi connectivity index (χ3v) is 16.3. The number of ether oxygens (including phenoxy) is 1. The van der Waals surface area contributed by atoms with E-state index in [-0.39, 0.29) is 27.1 Å². The highest BCUT2D eigenvalue weighted by Gasteiger charge is 2.30. The number of fused-ring (bicyclic) bond motifs is 8. The molecule has 12 rings (SSSR count). The van der Waals surface area contributed by atoms with Gasteiger partial charge >= 0.3 is 0 Å². The monoisotopic (exact) mass is 1050 g/mol. The molecule has 0 spiro atoms. The van der Waals surface area contributed by atoms with Crippen LogP contribution in [0.15, 0.2) is 187 Å². The van der Waals surface area contributed by atoms with Crippen molar-refractivity contribution in [2.75, 3.05) is 0 Å². The van der Waals surface area contributed by atoms with Crippen LogP contribution in [-0.4, -0.2) is 14.1 Å². The van der Waals surface area contributed by atoms with Crippen molar-refractivity contribution < 1.29 is 13.7 Å². The lowest BCUT2D eigenvalue weighted by Gasteiger charge is -2.27. The van der Waals surface area contributed by atoms with Crippen LogP contribution in [0.5, 0.6) is 11.5 Å². The average molecular weight is 1050 g/mol. The zero-order valence-corrected chi connectivity index (χ0v) is 49.4. The summed E-state index contributed by atoms with van der Waals surface area (Å²) in [4.78, 5) is 5.01. The molecule has 4 aromatic heterocycles. The fourth-order valence-electron chi connectivity index (χ4n) is 11.5. The molecule has 0 N–H and O–H groups in total. The molecule has 0 fully saturated rings. The highest BCUT2D eigenvalue weighted by atomic mass is 16.5. The maximum absolute atomic E-state index is 6.98. The van der Waals surface area contributed by atoms with E-state index in [1.54, 1.807) is 0 Å². The predicted molar refractivity (Wildman–Crippen MR) is 335 cm³/mol. The molecule has 8 aromatic carbocycles. The molecule has 6 nitrogen and oxygen atoms in total. The van der Waals surface area contributed by atoms with E-state index < -0.39 is 0 Å². The average Bonchev–Trinajstić information content (AvgIpc) is 4.27. The van der Waals surface area contributed by atoms with E-state index in [4.69, 9.17) is 14.1 Å². The van der Waals surface area contributed by atoms with Gasteiger partial charge in [-0.15, -0.1) is 0 Å². The molecule has 0 saturated carbocycles. The number of rotatable bonds is 7. The van der Waals surface area contributed by atoms with Gasteiger partial charge in [0.15, 0.2) is 11.0 Å². The molecule has 0 aliphatic carbocycles. The Hall–Kier alpha value is -8.22. The Morgan fingerprint density at radius 2 is 1.00 bits per heavy atom. The minimum absolute atomic E-state index is 0.0612. The Balaban J connectivity index is 1.03. The van der Waals surface area contributed by atoms with Crippen molar-refractivity contribution in [3.8, 4) is 50.9 Å². The largest absolute Gasteiger partial charge is 0.457 e. The summed E-state index contributed by atoms with van der Waals surface area (Å²) in [6, 6.07) is 62.1. The standard InChI is InChI=1S/C74H75N4O2/c1-70(2,3)48-34-35-75-66(42-48)78-63-33-32-59-58-24-16-19-29-65(58)80-69(59)67(63)60-31-30-55(44-64(60)78)79-54-23-20-22-53(43-54)76-45-77(62-28-18-17-27-61(62)76)68-56(46-36-49(71(4,5)6)40-50(37-46)72(7,8)9)25-21-26-57(68)47-38-51(73(10,11)12)41-52(39-47)74(13,14)15/h16-45H,1-15H3/q+1. The second kappa shape index (κ2) is 18.7. The Labute approximate surface area is 472 Å². The first-order valence-electron chi connectivity index (χ1n) is 28.4. The fourth-order valence-corrected chi connectivity index (χ4v) is 11.5. The second-order valence-corrected chi connectivity index (χ2v) is 27.3. The van der Waals surface area contributed by atoms with E-state index in [1.807, 2.05) is 24.4 Å². The molecule has 0 aliphatic heterocycles. The number of para-hydroxylation sites is 4. The SMILES string of the molecule is CC(C)(C)c1cc(-c2cccc(-c3cc(C(C)(C)C)cc(C(C)(C)C)c3)c2-[n+]2cn(-c3cccc(Oc4ccc5c6c7oc8ccccc8c7ccc6n(-c6cc(C(C)(C)C)ccn6)c5c4)c3)c3ccccc32)cc(C(C)(C)C)c1. The van der Waals surface area contributed by atoms with E-state index in [1.165, 1.54) is 50.1 Å². The maximum Gasteiger partial charge on any atom is 0.255 e. The molecular formula is C74H75N4O2+. The van der Waals surface area contributed by atoms with Gasteiger partial charge < -0.3 is 9.15 Å². The van der Waals surface area contributed by atoms with Gasteiger partial charge in [-0.25, -0.2) is 4.98 Å². The van der Waals surface area contributed by atoms with E-state index >= 15 is 0 Å². The van der Waals surface area contributed by atoms with Crippen LogP contribution >= 0.6 is 0 Å². The highest BCUT2D eigenvalue weighted by Crippen LogP contribution is 2.44. The number of imidazole rings is 1. The molecule has 12 aromatic rings. The van der Waals surface area contributed by atoms with Crippen molar-refractivity contribution in [1.29, 1.82) is 0 Å². The predicted octanol–water partition coefficient (Wildman–Crippen LogP) is 19.9. The van der Waals surface area contributed by atoms with Gasteiger partial charge in [0.1, 0.15) is 39.9 Å². The van der Waals surface area contributed by atoms with E-state index in [9.17, 15) is 0 Å². The van der Waals surface area contributed by atoms with Crippen LogP contribution < -0.4 is 9.30 Å². The molecule has 80 heavy (non-hydrogen) atoms. The zero-order chi connectivity index (χ0) is 56.4. The van der Waals surface area contributed by atoms with Crippen LogP contribution in [0.2, 0.25) is 0 Å². The van der Waals surface area contributed by atoms with Gasteiger partial charge in [0.25, 0.3) is 6.33 Å². The Bertz CT molecular complexity index is 4250. The number of hydrogen-bond donors (Lipinski definition) is 0. The lowest BCUT2D eigenvalue weighted by Crippen LogP contribution is -2.31. The Kier molecular flexibility index (Phi) is 12.3. The van der Waals surface area contributed by atoms with Crippen LogP contribution in [0.25, 0.3) is 94.2 Å². The molecule has 0 saturated heterocycles. The minimum atomic E-state index is -0.0693. The molecule has 0 aliphatic rings. The highest BCUT2D eigenvalue weighted by molar-refractivity contribution is 6.24. The lowest BCUT2D eigenvalue weighted by molar-refractivity contribution is -0.566. The van der Waals surface area contributed by atoms with Gasteiger partial charge in [-0.2, -0.15) is 9.13 Å². The summed E-state index contributed by atoms with van der Waals surface area (Å²) < 4.78 is 20.7. The van der Waals surface area contributed by atoms with Crippen molar-refractivity contribution in [3.63, 3.8) is 0 Å². The van der Waals surface area contributed by atoms with Gasteiger partial charge in [0.2, 0.25) is 0 Å². The molecule has 0 atom stereocenters. The van der Waals surface area contributed by atoms with E-state index in [0.29, 0.717) is 0 Å². The van der Waals surface area contributed by atoms with Gasteiger partial charge in [-0.1, -0.05) is 195 Å². The summed E-state index contributed by atoms with van der Waals surface area (Å²) in [5.74, 6) is 2.29.